The summed E-state index contributed by atoms with van der Waals surface area (Å²) in [6.45, 7) is 0. The van der Waals surface area contributed by atoms with Gasteiger partial charge in [-0.3, -0.25) is 4.79 Å². The molecule has 0 saturated carbocycles. The zero-order chi connectivity index (χ0) is 13.3. The van der Waals surface area contributed by atoms with Gasteiger partial charge in [0.2, 0.25) is 5.78 Å². The summed E-state index contributed by atoms with van der Waals surface area (Å²) in [5.41, 5.74) is 0.798. The molecule has 92 valence electrons. The van der Waals surface area contributed by atoms with E-state index in [2.05, 4.69) is 4.99 Å². The number of hydrogen-bond acceptors (Lipinski definition) is 3. The second-order valence-electron chi connectivity index (χ2n) is 3.46. The van der Waals surface area contributed by atoms with Crippen LogP contribution in [0.3, 0.4) is 0 Å². The van der Waals surface area contributed by atoms with E-state index in [1.807, 2.05) is 0 Å². The van der Waals surface area contributed by atoms with Crippen molar-refractivity contribution in [2.45, 2.75) is 0 Å². The molecule has 0 spiro atoms. The average Bonchev–Trinajstić information content (AvgIpc) is 2.29. The molecule has 1 aliphatic rings. The number of benzene rings is 1. The van der Waals surface area contributed by atoms with Gasteiger partial charge in [-0.15, -0.1) is 5.75 Å². The van der Waals surface area contributed by atoms with E-state index in [-0.39, 0.29) is 50.4 Å². The Morgan fingerprint density at radius 3 is 2.16 bits per heavy atom. The zero-order valence-electron chi connectivity index (χ0n) is 9.78. The van der Waals surface area contributed by atoms with Gasteiger partial charge in [-0.1, -0.05) is 40.9 Å². The Bertz CT molecular complexity index is 599. The van der Waals surface area contributed by atoms with E-state index in [9.17, 15) is 9.90 Å². The van der Waals surface area contributed by atoms with Gasteiger partial charge < -0.3 is 5.11 Å². The molecule has 0 heterocycles. The van der Waals surface area contributed by atoms with Crippen molar-refractivity contribution in [3.63, 3.8) is 0 Å². The fraction of sp³-hybridized carbons (Fsp3) is 0. The molecule has 0 radical (unpaired) electrons. The maximum absolute atomic E-state index is 11.3. The summed E-state index contributed by atoms with van der Waals surface area (Å²) in [4.78, 5) is 15.5. The van der Waals surface area contributed by atoms with Crippen LogP contribution in [0.1, 0.15) is 0 Å². The molecule has 0 atom stereocenters. The summed E-state index contributed by atoms with van der Waals surface area (Å²) < 4.78 is 0. The summed E-state index contributed by atoms with van der Waals surface area (Å²) >= 11 is 17.3. The normalized spacial score (nSPS) is 14.5. The molecule has 3 nitrogen and oxygen atoms in total. The summed E-state index contributed by atoms with van der Waals surface area (Å²) in [5, 5.41) is 11.2. The minimum absolute atomic E-state index is 0. The number of aliphatic imine (C=N–C) groups is 1. The number of ketones is 1. The van der Waals surface area contributed by atoms with Crippen LogP contribution in [0.15, 0.2) is 45.4 Å². The van der Waals surface area contributed by atoms with Crippen LogP contribution in [0.4, 0.5) is 5.69 Å². The second kappa shape index (κ2) is 6.93. The smallest absolute Gasteiger partial charge is 0.872 e. The van der Waals surface area contributed by atoms with Crippen LogP contribution in [0, 0.1) is 0 Å². The largest absolute Gasteiger partial charge is 1.00 e. The molecular formula is C12H5Cl3NNaO2. The van der Waals surface area contributed by atoms with E-state index in [1.165, 1.54) is 30.4 Å². The zero-order valence-corrected chi connectivity index (χ0v) is 14.1. The predicted octanol–water partition coefficient (Wildman–Crippen LogP) is 0.318. The Hall–Kier alpha value is -0.290. The summed E-state index contributed by atoms with van der Waals surface area (Å²) in [7, 11) is 0. The number of carbonyl (C=O) groups is 1. The van der Waals surface area contributed by atoms with Crippen LogP contribution in [0.5, 0.6) is 5.75 Å². The third kappa shape index (κ3) is 4.09. The number of allylic oxidation sites excluding steroid dienone is 4. The van der Waals surface area contributed by atoms with E-state index >= 15 is 0 Å². The number of nitrogens with zero attached hydrogens (tertiary/aromatic N) is 1. The first-order valence-electron chi connectivity index (χ1n) is 4.82. The van der Waals surface area contributed by atoms with E-state index in [1.54, 1.807) is 0 Å². The fourth-order valence-electron chi connectivity index (χ4n) is 1.33. The maximum atomic E-state index is 11.3. The quantitative estimate of drug-likeness (QED) is 0.552. The third-order valence-electron chi connectivity index (χ3n) is 2.15. The first-order chi connectivity index (χ1) is 8.47. The van der Waals surface area contributed by atoms with Gasteiger partial charge in [-0.2, -0.15) is 0 Å². The van der Waals surface area contributed by atoms with E-state index < -0.39 is 5.78 Å². The molecule has 2 rings (SSSR count). The third-order valence-corrected chi connectivity index (χ3v) is 3.02. The maximum Gasteiger partial charge on any atom is 1.00 e. The van der Waals surface area contributed by atoms with Crippen LogP contribution in [-0.4, -0.2) is 11.5 Å². The van der Waals surface area contributed by atoms with Gasteiger partial charge in [0.1, 0.15) is 0 Å². The number of Topliss-reactive ketones (excluding diaryl/α,β-unsaturated/α-hetero) is 1. The van der Waals surface area contributed by atoms with Gasteiger partial charge in [-0.05, 0) is 24.3 Å². The van der Waals surface area contributed by atoms with Crippen LogP contribution in [0.25, 0.3) is 0 Å². The Kier molecular flexibility index (Phi) is 6.12. The number of halogens is 3. The number of carbonyl (C=O) groups excluding carboxylic acids is 1. The summed E-state index contributed by atoms with van der Waals surface area (Å²) in [6, 6.07) is 4.08. The standard InChI is InChI=1S/C12H6Cl3NO2.Na/c13-8-5-7(17)1-2-11(8)16-6-3-9(14)12(18)10(15)4-6;/h1-5,17H;/q;+1/p-1. The molecule has 0 N–H and O–H groups in total. The van der Waals surface area contributed by atoms with Crippen molar-refractivity contribution < 1.29 is 39.5 Å². The van der Waals surface area contributed by atoms with Gasteiger partial charge in [0.05, 0.1) is 26.5 Å². The van der Waals surface area contributed by atoms with E-state index in [4.69, 9.17) is 34.8 Å². The first kappa shape index (κ1) is 16.8. The van der Waals surface area contributed by atoms with Gasteiger partial charge in [0, 0.05) is 0 Å². The molecule has 0 amide bonds. The molecule has 0 unspecified atom stereocenters. The van der Waals surface area contributed by atoms with Gasteiger partial charge >= 0.3 is 29.6 Å². The van der Waals surface area contributed by atoms with Crippen molar-refractivity contribution in [1.29, 1.82) is 0 Å². The van der Waals surface area contributed by atoms with Crippen molar-refractivity contribution in [2.24, 2.45) is 4.99 Å². The number of rotatable bonds is 1. The van der Waals surface area contributed by atoms with Crippen molar-refractivity contribution in [3.05, 3.63) is 45.4 Å². The second-order valence-corrected chi connectivity index (χ2v) is 4.69. The number of hydrogen-bond donors (Lipinski definition) is 0. The molecule has 0 bridgehead atoms. The summed E-state index contributed by atoms with van der Waals surface area (Å²) in [5.74, 6) is -0.650. The molecule has 0 aromatic heterocycles. The molecule has 7 heteroatoms. The molecule has 1 aliphatic carbocycles. The average molecular weight is 325 g/mol. The van der Waals surface area contributed by atoms with Crippen LogP contribution >= 0.6 is 34.8 Å². The van der Waals surface area contributed by atoms with Crippen LogP contribution in [-0.2, 0) is 4.79 Å². The Balaban J connectivity index is 0.00000180. The Labute approximate surface area is 146 Å². The minimum Gasteiger partial charge on any atom is -0.872 e. The minimum atomic E-state index is -0.446. The van der Waals surface area contributed by atoms with Crippen molar-refractivity contribution in [2.75, 3.05) is 0 Å². The van der Waals surface area contributed by atoms with Crippen molar-refractivity contribution in [1.82, 2.24) is 0 Å². The van der Waals surface area contributed by atoms with Crippen molar-refractivity contribution >= 4 is 52.0 Å². The molecule has 19 heavy (non-hydrogen) atoms. The Morgan fingerprint density at radius 1 is 1.05 bits per heavy atom. The molecule has 1 aromatic rings. The van der Waals surface area contributed by atoms with Gasteiger partial charge in [0.15, 0.2) is 0 Å². The fourth-order valence-corrected chi connectivity index (χ4v) is 2.02. The van der Waals surface area contributed by atoms with E-state index in [0.717, 1.165) is 0 Å². The first-order valence-corrected chi connectivity index (χ1v) is 5.95. The Morgan fingerprint density at radius 2 is 1.63 bits per heavy atom. The van der Waals surface area contributed by atoms with Crippen LogP contribution in [0.2, 0.25) is 5.02 Å². The molecular weight excluding hydrogens is 319 g/mol. The van der Waals surface area contributed by atoms with Gasteiger partial charge in [-0.25, -0.2) is 4.99 Å². The van der Waals surface area contributed by atoms with Crippen molar-refractivity contribution in [3.8, 4) is 5.75 Å². The topological polar surface area (TPSA) is 52.5 Å². The predicted molar refractivity (Wildman–Crippen MR) is 70.9 cm³/mol. The van der Waals surface area contributed by atoms with E-state index in [0.29, 0.717) is 11.4 Å². The summed E-state index contributed by atoms with van der Waals surface area (Å²) in [6.07, 6.45) is 2.77. The molecule has 1 aromatic carbocycles. The molecule has 0 saturated heterocycles. The van der Waals surface area contributed by atoms with Crippen LogP contribution < -0.4 is 34.7 Å². The monoisotopic (exact) mass is 323 g/mol. The SMILES string of the molecule is O=C1C(Cl)=CC(=Nc2ccc([O-])cc2Cl)C=C1Cl.[Na+]. The van der Waals surface area contributed by atoms with Gasteiger partial charge in [0.25, 0.3) is 0 Å². The molecule has 0 fully saturated rings. The molecule has 0 aliphatic heterocycles.